The van der Waals surface area contributed by atoms with E-state index in [1.54, 1.807) is 4.90 Å². The molecular formula is C16H24Cl2N2O3S. The lowest BCUT2D eigenvalue weighted by molar-refractivity contribution is -0.129. The molecule has 0 aliphatic carbocycles. The van der Waals surface area contributed by atoms with E-state index in [0.717, 1.165) is 25.9 Å². The number of nitrogens with one attached hydrogen (secondary N) is 1. The minimum atomic E-state index is -3.62. The van der Waals surface area contributed by atoms with E-state index in [1.807, 2.05) is 0 Å². The smallest absolute Gasteiger partial charge is 0.238 e. The van der Waals surface area contributed by atoms with Gasteiger partial charge in [0.05, 0.1) is 4.90 Å². The summed E-state index contributed by atoms with van der Waals surface area (Å²) in [6.07, 6.45) is 1.83. The van der Waals surface area contributed by atoms with Crippen molar-refractivity contribution in [1.29, 1.82) is 0 Å². The average Bonchev–Trinajstić information content (AvgIpc) is 2.53. The van der Waals surface area contributed by atoms with Gasteiger partial charge in [0.1, 0.15) is 5.75 Å². The average molecular weight is 395 g/mol. The molecule has 0 atom stereocenters. The van der Waals surface area contributed by atoms with Gasteiger partial charge in [0, 0.05) is 18.1 Å². The highest BCUT2D eigenvalue weighted by Crippen LogP contribution is 2.19. The predicted molar refractivity (Wildman–Crippen MR) is 98.6 cm³/mol. The summed E-state index contributed by atoms with van der Waals surface area (Å²) in [4.78, 5) is 14.1. The molecule has 8 heteroatoms. The molecule has 24 heavy (non-hydrogen) atoms. The number of nitrogens with zero attached hydrogens (tertiary/aromatic N) is 1. The highest BCUT2D eigenvalue weighted by Gasteiger charge is 2.27. The first-order valence-electron chi connectivity index (χ1n) is 7.89. The molecule has 1 amide bonds. The summed E-state index contributed by atoms with van der Waals surface area (Å²) in [5.41, 5.74) is 0. The third kappa shape index (κ3) is 5.92. The van der Waals surface area contributed by atoms with Crippen molar-refractivity contribution in [3.63, 3.8) is 0 Å². The zero-order valence-corrected chi connectivity index (χ0v) is 16.1. The third-order valence-electron chi connectivity index (χ3n) is 4.14. The highest BCUT2D eigenvalue weighted by molar-refractivity contribution is 7.92. The minimum Gasteiger partial charge on any atom is -0.342 e. The Bertz CT molecular complexity index is 627. The van der Waals surface area contributed by atoms with Crippen LogP contribution in [0.25, 0.3) is 0 Å². The van der Waals surface area contributed by atoms with Crippen molar-refractivity contribution in [1.82, 2.24) is 10.2 Å². The lowest BCUT2D eigenvalue weighted by Crippen LogP contribution is -2.43. The van der Waals surface area contributed by atoms with Crippen LogP contribution in [0.2, 0.25) is 5.02 Å². The molecule has 0 bridgehead atoms. The Morgan fingerprint density at radius 2 is 1.83 bits per heavy atom. The number of carbonyl (C=O) groups excluding carboxylic acids is 1. The van der Waals surface area contributed by atoms with Gasteiger partial charge in [-0.05, 0) is 56.1 Å². The molecular weight excluding hydrogens is 371 g/mol. The van der Waals surface area contributed by atoms with Gasteiger partial charge in [0.25, 0.3) is 0 Å². The Hall–Kier alpha value is -0.820. The molecule has 1 saturated heterocycles. The van der Waals surface area contributed by atoms with Gasteiger partial charge in [-0.1, -0.05) is 18.5 Å². The minimum absolute atomic E-state index is 0. The standard InChI is InChI=1S/C16H23ClN2O3S.ClH/c1-2-18-11-13-7-9-19(10-8-13)16(20)12-23(21,22)15-5-3-14(17)4-6-15;/h3-6,13,18H,2,7-12H2,1H3;1H. The molecule has 1 aliphatic rings. The molecule has 1 aliphatic heterocycles. The molecule has 1 fully saturated rings. The van der Waals surface area contributed by atoms with Crippen molar-refractivity contribution in [3.8, 4) is 0 Å². The van der Waals surface area contributed by atoms with Gasteiger partial charge in [-0.25, -0.2) is 8.42 Å². The molecule has 0 unspecified atom stereocenters. The zero-order chi connectivity index (χ0) is 16.9. The van der Waals surface area contributed by atoms with Gasteiger partial charge in [-0.15, -0.1) is 12.4 Å². The van der Waals surface area contributed by atoms with Gasteiger partial charge in [-0.2, -0.15) is 0 Å². The van der Waals surface area contributed by atoms with Crippen LogP contribution in [0.5, 0.6) is 0 Å². The van der Waals surface area contributed by atoms with Crippen LogP contribution < -0.4 is 5.32 Å². The van der Waals surface area contributed by atoms with E-state index in [1.165, 1.54) is 24.3 Å². The zero-order valence-electron chi connectivity index (χ0n) is 13.7. The number of benzene rings is 1. The summed E-state index contributed by atoms with van der Waals surface area (Å²) in [5, 5.41) is 3.79. The first-order valence-corrected chi connectivity index (χ1v) is 9.92. The summed E-state index contributed by atoms with van der Waals surface area (Å²) >= 11 is 5.76. The summed E-state index contributed by atoms with van der Waals surface area (Å²) in [6.45, 7) is 5.23. The Labute approximate surface area is 155 Å². The molecule has 1 heterocycles. The van der Waals surface area contributed by atoms with Crippen molar-refractivity contribution in [2.45, 2.75) is 24.7 Å². The van der Waals surface area contributed by atoms with Gasteiger partial charge >= 0.3 is 0 Å². The summed E-state index contributed by atoms with van der Waals surface area (Å²) in [7, 11) is -3.62. The second-order valence-corrected chi connectivity index (χ2v) is 8.27. The van der Waals surface area contributed by atoms with E-state index in [9.17, 15) is 13.2 Å². The molecule has 0 aromatic heterocycles. The Morgan fingerprint density at radius 1 is 1.25 bits per heavy atom. The molecule has 0 radical (unpaired) electrons. The second-order valence-electron chi connectivity index (χ2n) is 5.84. The number of halogens is 2. The quantitative estimate of drug-likeness (QED) is 0.803. The van der Waals surface area contributed by atoms with Gasteiger partial charge in [0.2, 0.25) is 5.91 Å². The molecule has 1 N–H and O–H groups in total. The lowest BCUT2D eigenvalue weighted by atomic mass is 9.97. The van der Waals surface area contributed by atoms with Crippen molar-refractivity contribution in [2.75, 3.05) is 31.9 Å². The normalized spacial score (nSPS) is 15.8. The van der Waals surface area contributed by atoms with Crippen molar-refractivity contribution in [2.24, 2.45) is 5.92 Å². The number of rotatable bonds is 6. The maximum atomic E-state index is 12.3. The van der Waals surface area contributed by atoms with Crippen LogP contribution in [0.1, 0.15) is 19.8 Å². The van der Waals surface area contributed by atoms with Crippen LogP contribution in [-0.4, -0.2) is 51.2 Å². The Morgan fingerprint density at radius 3 is 2.38 bits per heavy atom. The number of sulfone groups is 1. The molecule has 0 saturated carbocycles. The fourth-order valence-electron chi connectivity index (χ4n) is 2.71. The van der Waals surface area contributed by atoms with E-state index in [4.69, 9.17) is 11.6 Å². The van der Waals surface area contributed by atoms with Crippen molar-refractivity contribution < 1.29 is 13.2 Å². The monoisotopic (exact) mass is 394 g/mol. The number of likely N-dealkylation sites (tertiary alicyclic amines) is 1. The molecule has 1 aromatic rings. The maximum absolute atomic E-state index is 12.3. The van der Waals surface area contributed by atoms with Crippen LogP contribution in [0.4, 0.5) is 0 Å². The number of amides is 1. The van der Waals surface area contributed by atoms with Crippen molar-refractivity contribution >= 4 is 39.8 Å². The van der Waals surface area contributed by atoms with E-state index in [-0.39, 0.29) is 23.2 Å². The Kier molecular flexibility index (Phi) is 8.50. The molecule has 136 valence electrons. The van der Waals surface area contributed by atoms with Gasteiger partial charge in [0.15, 0.2) is 9.84 Å². The van der Waals surface area contributed by atoms with Crippen LogP contribution in [-0.2, 0) is 14.6 Å². The molecule has 1 aromatic carbocycles. The molecule has 0 spiro atoms. The first kappa shape index (κ1) is 21.2. The van der Waals surface area contributed by atoms with Crippen LogP contribution >= 0.6 is 24.0 Å². The second kappa shape index (κ2) is 9.61. The van der Waals surface area contributed by atoms with Crippen LogP contribution in [0.3, 0.4) is 0 Å². The number of carbonyl (C=O) groups is 1. The van der Waals surface area contributed by atoms with Crippen molar-refractivity contribution in [3.05, 3.63) is 29.3 Å². The summed E-state index contributed by atoms with van der Waals surface area (Å²) in [6, 6.07) is 5.91. The fourth-order valence-corrected chi connectivity index (χ4v) is 4.07. The van der Waals surface area contributed by atoms with E-state index in [0.29, 0.717) is 24.0 Å². The van der Waals surface area contributed by atoms with E-state index in [2.05, 4.69) is 12.2 Å². The summed E-state index contributed by atoms with van der Waals surface area (Å²) in [5.74, 6) is -0.235. The lowest BCUT2D eigenvalue weighted by Gasteiger charge is -2.32. The Balaban J connectivity index is 0.00000288. The van der Waals surface area contributed by atoms with E-state index < -0.39 is 15.6 Å². The maximum Gasteiger partial charge on any atom is 0.238 e. The van der Waals surface area contributed by atoms with Crippen LogP contribution in [0, 0.1) is 5.92 Å². The largest absolute Gasteiger partial charge is 0.342 e. The van der Waals surface area contributed by atoms with Crippen LogP contribution in [0.15, 0.2) is 29.2 Å². The fraction of sp³-hybridized carbons (Fsp3) is 0.562. The highest BCUT2D eigenvalue weighted by atomic mass is 35.5. The number of hydrogen-bond donors (Lipinski definition) is 1. The third-order valence-corrected chi connectivity index (χ3v) is 6.01. The SMILES string of the molecule is CCNCC1CCN(C(=O)CS(=O)(=O)c2ccc(Cl)cc2)CC1.Cl. The molecule has 2 rings (SSSR count). The predicted octanol–water partition coefficient (Wildman–Crippen LogP) is 2.38. The van der Waals surface area contributed by atoms with Gasteiger partial charge in [-0.3, -0.25) is 4.79 Å². The number of hydrogen-bond acceptors (Lipinski definition) is 4. The topological polar surface area (TPSA) is 66.5 Å². The van der Waals surface area contributed by atoms with Gasteiger partial charge < -0.3 is 10.2 Å². The van der Waals surface area contributed by atoms with E-state index >= 15 is 0 Å². The molecule has 5 nitrogen and oxygen atoms in total. The summed E-state index contributed by atoms with van der Waals surface area (Å²) < 4.78 is 24.6. The first-order chi connectivity index (χ1) is 10.9. The number of piperidine rings is 1.